The lowest BCUT2D eigenvalue weighted by molar-refractivity contribution is -0.137. The van der Waals surface area contributed by atoms with Gasteiger partial charge in [0.2, 0.25) is 0 Å². The molecule has 0 amide bonds. The lowest BCUT2D eigenvalue weighted by Gasteiger charge is -2.18. The minimum Gasteiger partial charge on any atom is -0.378 e. The summed E-state index contributed by atoms with van der Waals surface area (Å²) in [7, 11) is 0. The molecule has 112 valence electrons. The Morgan fingerprint density at radius 1 is 1.10 bits per heavy atom. The summed E-state index contributed by atoms with van der Waals surface area (Å²) < 4.78 is 39.1. The van der Waals surface area contributed by atoms with E-state index >= 15 is 0 Å². The average molecular weight is 358 g/mol. The van der Waals surface area contributed by atoms with Crippen LogP contribution in [0.25, 0.3) is 0 Å². The zero-order valence-electron chi connectivity index (χ0n) is 11.6. The Balaban J connectivity index is 2.20. The van der Waals surface area contributed by atoms with Gasteiger partial charge in [-0.25, -0.2) is 0 Å². The fourth-order valence-corrected chi connectivity index (χ4v) is 2.38. The fourth-order valence-electron chi connectivity index (χ4n) is 2.00. The van der Waals surface area contributed by atoms with Crippen molar-refractivity contribution in [2.45, 2.75) is 26.1 Å². The molecule has 1 unspecified atom stereocenters. The number of hydrogen-bond acceptors (Lipinski definition) is 1. The molecule has 0 saturated carbocycles. The van der Waals surface area contributed by atoms with Gasteiger partial charge in [-0.05, 0) is 49.2 Å². The molecule has 0 bridgehead atoms. The maximum atomic E-state index is 12.7. The van der Waals surface area contributed by atoms with Gasteiger partial charge in [0, 0.05) is 16.2 Å². The van der Waals surface area contributed by atoms with Crippen LogP contribution in [-0.4, -0.2) is 0 Å². The number of nitrogens with one attached hydrogen (secondary N) is 1. The Bertz CT molecular complexity index is 638. The van der Waals surface area contributed by atoms with E-state index in [0.29, 0.717) is 5.56 Å². The summed E-state index contributed by atoms with van der Waals surface area (Å²) >= 11 is 3.44. The summed E-state index contributed by atoms with van der Waals surface area (Å²) in [5.41, 5.74) is 1.94. The predicted molar refractivity (Wildman–Crippen MR) is 82.4 cm³/mol. The molecule has 0 aliphatic heterocycles. The molecule has 0 aromatic heterocycles. The fraction of sp³-hybridized carbons (Fsp3) is 0.250. The molecule has 1 N–H and O–H groups in total. The zero-order chi connectivity index (χ0) is 15.6. The zero-order valence-corrected chi connectivity index (χ0v) is 13.2. The van der Waals surface area contributed by atoms with Gasteiger partial charge in [-0.3, -0.25) is 0 Å². The molecule has 2 aromatic rings. The molecule has 1 nitrogen and oxygen atoms in total. The Morgan fingerprint density at radius 3 is 2.43 bits per heavy atom. The molecule has 0 heterocycles. The normalized spacial score (nSPS) is 13.0. The molecule has 0 aliphatic rings. The van der Waals surface area contributed by atoms with E-state index < -0.39 is 11.7 Å². The molecule has 0 aliphatic carbocycles. The van der Waals surface area contributed by atoms with Gasteiger partial charge in [-0.15, -0.1) is 0 Å². The van der Waals surface area contributed by atoms with Crippen LogP contribution in [0.4, 0.5) is 18.9 Å². The number of rotatable bonds is 3. The molecule has 1 atom stereocenters. The van der Waals surface area contributed by atoms with Gasteiger partial charge >= 0.3 is 6.18 Å². The maximum Gasteiger partial charge on any atom is 0.416 e. The minimum atomic E-state index is -4.32. The number of benzene rings is 2. The second-order valence-corrected chi connectivity index (χ2v) is 5.81. The number of hydrogen-bond donors (Lipinski definition) is 1. The van der Waals surface area contributed by atoms with Crippen molar-refractivity contribution in [1.82, 2.24) is 0 Å². The van der Waals surface area contributed by atoms with E-state index in [9.17, 15) is 13.2 Å². The first kappa shape index (κ1) is 15.9. The van der Waals surface area contributed by atoms with E-state index in [1.54, 1.807) is 6.07 Å². The SMILES string of the molecule is Cc1ccc(NC(C)c2cccc(C(F)(F)F)c2)cc1Br. The van der Waals surface area contributed by atoms with E-state index in [-0.39, 0.29) is 6.04 Å². The second-order valence-electron chi connectivity index (χ2n) is 4.95. The number of anilines is 1. The first-order valence-corrected chi connectivity index (χ1v) is 7.26. The van der Waals surface area contributed by atoms with Crippen LogP contribution in [0.1, 0.15) is 29.7 Å². The van der Waals surface area contributed by atoms with Crippen LogP contribution in [0.15, 0.2) is 46.9 Å². The van der Waals surface area contributed by atoms with Crippen LogP contribution >= 0.6 is 15.9 Å². The topological polar surface area (TPSA) is 12.0 Å². The minimum absolute atomic E-state index is 0.220. The Hall–Kier alpha value is -1.49. The molecule has 0 spiro atoms. The van der Waals surface area contributed by atoms with Gasteiger partial charge in [-0.1, -0.05) is 34.1 Å². The van der Waals surface area contributed by atoms with E-state index in [1.165, 1.54) is 12.1 Å². The molecular weight excluding hydrogens is 343 g/mol. The summed E-state index contributed by atoms with van der Waals surface area (Å²) in [5.74, 6) is 0. The highest BCUT2D eigenvalue weighted by Gasteiger charge is 2.30. The quantitative estimate of drug-likeness (QED) is 0.715. The van der Waals surface area contributed by atoms with Crippen molar-refractivity contribution in [3.05, 3.63) is 63.6 Å². The predicted octanol–water partition coefficient (Wildman–Crippen LogP) is 5.95. The summed E-state index contributed by atoms with van der Waals surface area (Å²) in [6.45, 7) is 3.81. The molecule has 2 rings (SSSR count). The summed E-state index contributed by atoms with van der Waals surface area (Å²) in [6, 6.07) is 10.9. The van der Waals surface area contributed by atoms with Crippen LogP contribution < -0.4 is 5.32 Å². The largest absolute Gasteiger partial charge is 0.416 e. The van der Waals surface area contributed by atoms with Crippen LogP contribution in [0.5, 0.6) is 0 Å². The van der Waals surface area contributed by atoms with Crippen molar-refractivity contribution in [3.63, 3.8) is 0 Å². The Morgan fingerprint density at radius 2 is 1.81 bits per heavy atom. The first-order valence-electron chi connectivity index (χ1n) is 6.47. The third kappa shape index (κ3) is 4.00. The van der Waals surface area contributed by atoms with Crippen molar-refractivity contribution in [2.24, 2.45) is 0 Å². The highest BCUT2D eigenvalue weighted by atomic mass is 79.9. The number of halogens is 4. The monoisotopic (exact) mass is 357 g/mol. The van der Waals surface area contributed by atoms with Gasteiger partial charge < -0.3 is 5.32 Å². The highest BCUT2D eigenvalue weighted by Crippen LogP contribution is 2.31. The molecule has 5 heteroatoms. The van der Waals surface area contributed by atoms with Crippen molar-refractivity contribution >= 4 is 21.6 Å². The number of alkyl halides is 3. The van der Waals surface area contributed by atoms with Gasteiger partial charge in [0.15, 0.2) is 0 Å². The van der Waals surface area contributed by atoms with E-state index in [2.05, 4.69) is 21.2 Å². The molecule has 0 radical (unpaired) electrons. The lowest BCUT2D eigenvalue weighted by Crippen LogP contribution is -2.10. The molecule has 0 fully saturated rings. The van der Waals surface area contributed by atoms with Crippen LogP contribution in [0.2, 0.25) is 0 Å². The van der Waals surface area contributed by atoms with Crippen molar-refractivity contribution < 1.29 is 13.2 Å². The smallest absolute Gasteiger partial charge is 0.378 e. The average Bonchev–Trinajstić information content (AvgIpc) is 2.42. The highest BCUT2D eigenvalue weighted by molar-refractivity contribution is 9.10. The second kappa shape index (κ2) is 6.10. The van der Waals surface area contributed by atoms with Crippen molar-refractivity contribution in [2.75, 3.05) is 5.32 Å². The molecule has 2 aromatic carbocycles. The van der Waals surface area contributed by atoms with Crippen molar-refractivity contribution in [1.29, 1.82) is 0 Å². The lowest BCUT2D eigenvalue weighted by atomic mass is 10.0. The molecule has 0 saturated heterocycles. The van der Waals surface area contributed by atoms with Gasteiger partial charge in [0.1, 0.15) is 0 Å². The van der Waals surface area contributed by atoms with Crippen molar-refractivity contribution in [3.8, 4) is 0 Å². The van der Waals surface area contributed by atoms with Gasteiger partial charge in [0.25, 0.3) is 0 Å². The molecular formula is C16H15BrF3N. The summed E-state index contributed by atoms with van der Waals surface area (Å²) in [4.78, 5) is 0. The molecule has 21 heavy (non-hydrogen) atoms. The van der Waals surface area contributed by atoms with Crippen LogP contribution in [0.3, 0.4) is 0 Å². The summed E-state index contributed by atoms with van der Waals surface area (Å²) in [6.07, 6.45) is -4.32. The third-order valence-electron chi connectivity index (χ3n) is 3.27. The van der Waals surface area contributed by atoms with Crippen LogP contribution in [0, 0.1) is 6.92 Å². The Kier molecular flexibility index (Phi) is 4.61. The maximum absolute atomic E-state index is 12.7. The van der Waals surface area contributed by atoms with Crippen LogP contribution in [-0.2, 0) is 6.18 Å². The number of aryl methyl sites for hydroxylation is 1. The third-order valence-corrected chi connectivity index (χ3v) is 4.12. The van der Waals surface area contributed by atoms with E-state index in [1.807, 2.05) is 32.0 Å². The first-order chi connectivity index (χ1) is 9.77. The Labute approximate surface area is 130 Å². The summed E-state index contributed by atoms with van der Waals surface area (Å²) in [5, 5.41) is 3.21. The van der Waals surface area contributed by atoms with E-state index in [0.717, 1.165) is 21.8 Å². The van der Waals surface area contributed by atoms with Gasteiger partial charge in [-0.2, -0.15) is 13.2 Å². The standard InChI is InChI=1S/C16H15BrF3N/c1-10-6-7-14(9-15(10)17)21-11(2)12-4-3-5-13(8-12)16(18,19)20/h3-9,11,21H,1-2H3. The van der Waals surface area contributed by atoms with Gasteiger partial charge in [0.05, 0.1) is 5.56 Å². The van der Waals surface area contributed by atoms with E-state index in [4.69, 9.17) is 0 Å².